The van der Waals surface area contributed by atoms with Crippen LogP contribution in [0.2, 0.25) is 0 Å². The third-order valence-corrected chi connectivity index (χ3v) is 14.6. The van der Waals surface area contributed by atoms with Crippen LogP contribution in [0, 0.1) is 0 Å². The molecule has 5 heteroatoms. The summed E-state index contributed by atoms with van der Waals surface area (Å²) in [6.45, 7) is 14.7. The molecule has 4 aliphatic rings. The number of benzene rings is 6. The van der Waals surface area contributed by atoms with E-state index in [-0.39, 0.29) is 23.2 Å². The highest BCUT2D eigenvalue weighted by molar-refractivity contribution is 7.27. The third-order valence-electron chi connectivity index (χ3n) is 13.3. The molecule has 270 valence electrons. The molecule has 0 unspecified atom stereocenters. The standard InChI is InChI=1S/C50H46BN3S/c1-48(2)28-17-29-49(3,4)54(48)34-30-41-45-42(31-34)53(33-20-11-8-12-21-33)47-44(51(45)39-24-15-16-25-40(39)52(41)32-18-9-7-10-19-32)37-27-26-36-35-22-13-14-23-38(35)50(5,6)43(36)46(37)55-47/h7-16,18-27,30-31H,17,28-29H2,1-6H3. The molecule has 4 heterocycles. The molecule has 0 radical (unpaired) electrons. The molecule has 55 heavy (non-hydrogen) atoms. The van der Waals surface area contributed by atoms with Gasteiger partial charge in [-0.3, -0.25) is 0 Å². The van der Waals surface area contributed by atoms with Crippen LogP contribution in [0.15, 0.2) is 133 Å². The van der Waals surface area contributed by atoms with E-state index < -0.39 is 0 Å². The Balaban J connectivity index is 1.28. The van der Waals surface area contributed by atoms with Crippen LogP contribution < -0.4 is 31.1 Å². The molecule has 1 aromatic heterocycles. The van der Waals surface area contributed by atoms with Gasteiger partial charge in [-0.2, -0.15) is 0 Å². The predicted octanol–water partition coefficient (Wildman–Crippen LogP) is 11.8. The molecule has 7 aromatic rings. The topological polar surface area (TPSA) is 9.72 Å². The monoisotopic (exact) mass is 731 g/mol. The SMILES string of the molecule is CC1(C)c2ccccc2-c2ccc3c4c(sc3c21)N(c1ccccc1)c1cc(N2C(C)(C)CCCC2(C)C)cc2c1B4c1ccccc1N2c1ccccc1. The number of fused-ring (bicyclic) bond motifs is 10. The lowest BCUT2D eigenvalue weighted by Gasteiger charge is -2.55. The normalized spacial score (nSPS) is 18.1. The predicted molar refractivity (Wildman–Crippen MR) is 238 cm³/mol. The molecule has 0 atom stereocenters. The smallest absolute Gasteiger partial charge is 0.254 e. The zero-order valence-corrected chi connectivity index (χ0v) is 33.5. The van der Waals surface area contributed by atoms with Gasteiger partial charge in [0.15, 0.2) is 0 Å². The fourth-order valence-electron chi connectivity index (χ4n) is 11.3. The maximum atomic E-state index is 2.76. The first-order chi connectivity index (χ1) is 26.6. The Kier molecular flexibility index (Phi) is 6.86. The van der Waals surface area contributed by atoms with E-state index >= 15 is 0 Å². The van der Waals surface area contributed by atoms with E-state index in [2.05, 4.69) is 190 Å². The second-order valence-corrected chi connectivity index (χ2v) is 18.9. The molecular weight excluding hydrogens is 685 g/mol. The van der Waals surface area contributed by atoms with Crippen LogP contribution in [0.3, 0.4) is 0 Å². The minimum absolute atomic E-state index is 0.00240. The van der Waals surface area contributed by atoms with Crippen LogP contribution in [-0.4, -0.2) is 17.8 Å². The molecule has 0 amide bonds. The van der Waals surface area contributed by atoms with Crippen molar-refractivity contribution in [2.24, 2.45) is 0 Å². The van der Waals surface area contributed by atoms with E-state index in [0.717, 1.165) is 0 Å². The zero-order valence-electron chi connectivity index (χ0n) is 32.7. The molecule has 0 spiro atoms. The number of piperidine rings is 1. The molecule has 3 aliphatic heterocycles. The van der Waals surface area contributed by atoms with Gasteiger partial charge < -0.3 is 14.7 Å². The summed E-state index contributed by atoms with van der Waals surface area (Å²) in [5.74, 6) is 0. The Bertz CT molecular complexity index is 2680. The summed E-state index contributed by atoms with van der Waals surface area (Å²) in [5.41, 5.74) is 17.2. The van der Waals surface area contributed by atoms with Crippen molar-refractivity contribution in [2.75, 3.05) is 14.7 Å². The summed E-state index contributed by atoms with van der Waals surface area (Å²) in [6, 6.07) is 50.4. The number of nitrogens with zero attached hydrogens (tertiary/aromatic N) is 3. The second-order valence-electron chi connectivity index (χ2n) is 17.9. The molecular formula is C50H46BN3S. The van der Waals surface area contributed by atoms with Crippen LogP contribution >= 0.6 is 11.3 Å². The van der Waals surface area contributed by atoms with Crippen molar-refractivity contribution >= 4 is 83.6 Å². The summed E-state index contributed by atoms with van der Waals surface area (Å²) in [6.07, 6.45) is 3.58. The lowest BCUT2D eigenvalue weighted by molar-refractivity contribution is 0.244. The summed E-state index contributed by atoms with van der Waals surface area (Å²) in [4.78, 5) is 7.94. The first-order valence-electron chi connectivity index (χ1n) is 20.0. The number of hydrogen-bond donors (Lipinski definition) is 0. The summed E-state index contributed by atoms with van der Waals surface area (Å²) < 4.78 is 1.42. The molecule has 1 saturated heterocycles. The fourth-order valence-corrected chi connectivity index (χ4v) is 12.9. The number of anilines is 7. The molecule has 3 nitrogen and oxygen atoms in total. The van der Waals surface area contributed by atoms with Gasteiger partial charge in [-0.05, 0) is 133 Å². The van der Waals surface area contributed by atoms with Gasteiger partial charge >= 0.3 is 0 Å². The van der Waals surface area contributed by atoms with Crippen molar-refractivity contribution in [3.05, 3.63) is 145 Å². The zero-order chi connectivity index (χ0) is 37.4. The number of para-hydroxylation sites is 3. The molecule has 0 bridgehead atoms. The maximum absolute atomic E-state index is 2.76. The molecule has 1 fully saturated rings. The minimum atomic E-state index is -0.109. The lowest BCUT2D eigenvalue weighted by Crippen LogP contribution is -2.62. The second kappa shape index (κ2) is 11.4. The first kappa shape index (κ1) is 33.1. The molecule has 0 saturated carbocycles. The van der Waals surface area contributed by atoms with E-state index in [1.165, 1.54) is 107 Å². The van der Waals surface area contributed by atoms with Crippen LogP contribution in [0.5, 0.6) is 0 Å². The highest BCUT2D eigenvalue weighted by Crippen LogP contribution is 2.56. The van der Waals surface area contributed by atoms with Crippen LogP contribution in [0.1, 0.15) is 71.9 Å². The summed E-state index contributed by atoms with van der Waals surface area (Å²) in [5, 5.41) is 2.72. The van der Waals surface area contributed by atoms with Crippen molar-refractivity contribution in [1.29, 1.82) is 0 Å². The number of rotatable bonds is 3. The van der Waals surface area contributed by atoms with Gasteiger partial charge in [0.1, 0.15) is 0 Å². The number of thiophene rings is 1. The third kappa shape index (κ3) is 4.51. The van der Waals surface area contributed by atoms with E-state index in [1.54, 1.807) is 0 Å². The van der Waals surface area contributed by atoms with Crippen molar-refractivity contribution in [2.45, 2.75) is 77.3 Å². The molecule has 11 rings (SSSR count). The number of hydrogen-bond acceptors (Lipinski definition) is 4. The van der Waals surface area contributed by atoms with Gasteiger partial charge in [-0.1, -0.05) is 105 Å². The summed E-state index contributed by atoms with van der Waals surface area (Å²) in [7, 11) is 0. The maximum Gasteiger partial charge on any atom is 0.254 e. The fraction of sp³-hybridized carbons (Fsp3) is 0.240. The van der Waals surface area contributed by atoms with Gasteiger partial charge in [0, 0.05) is 55.3 Å². The Hall–Kier alpha value is -5.26. The van der Waals surface area contributed by atoms with E-state index in [4.69, 9.17) is 0 Å². The van der Waals surface area contributed by atoms with Crippen LogP contribution in [-0.2, 0) is 5.41 Å². The largest absolute Gasteiger partial charge is 0.361 e. The molecule has 6 aromatic carbocycles. The highest BCUT2D eigenvalue weighted by atomic mass is 32.1. The van der Waals surface area contributed by atoms with Gasteiger partial charge in [0.25, 0.3) is 6.71 Å². The van der Waals surface area contributed by atoms with Crippen LogP contribution in [0.4, 0.5) is 39.1 Å². The highest BCUT2D eigenvalue weighted by Gasteiger charge is 2.49. The van der Waals surface area contributed by atoms with Crippen molar-refractivity contribution in [1.82, 2.24) is 0 Å². The van der Waals surface area contributed by atoms with Gasteiger partial charge in [-0.15, -0.1) is 11.3 Å². The molecule has 0 N–H and O–H groups in total. The van der Waals surface area contributed by atoms with Crippen molar-refractivity contribution in [3.63, 3.8) is 0 Å². The average molecular weight is 732 g/mol. The summed E-state index contributed by atoms with van der Waals surface area (Å²) >= 11 is 2.01. The van der Waals surface area contributed by atoms with E-state index in [0.29, 0.717) is 0 Å². The molecule has 1 aliphatic carbocycles. The van der Waals surface area contributed by atoms with E-state index in [9.17, 15) is 0 Å². The quantitative estimate of drug-likeness (QED) is 0.168. The Morgan fingerprint density at radius 3 is 1.85 bits per heavy atom. The lowest BCUT2D eigenvalue weighted by atomic mass is 9.33. The Labute approximate surface area is 329 Å². The average Bonchev–Trinajstić information content (AvgIpc) is 3.66. The van der Waals surface area contributed by atoms with Gasteiger partial charge in [0.2, 0.25) is 0 Å². The first-order valence-corrected chi connectivity index (χ1v) is 20.9. The van der Waals surface area contributed by atoms with Crippen molar-refractivity contribution < 1.29 is 0 Å². The Morgan fingerprint density at radius 1 is 0.545 bits per heavy atom. The van der Waals surface area contributed by atoms with Gasteiger partial charge in [-0.25, -0.2) is 0 Å². The van der Waals surface area contributed by atoms with E-state index in [1.807, 2.05) is 11.3 Å². The van der Waals surface area contributed by atoms with Crippen LogP contribution in [0.25, 0.3) is 21.2 Å². The van der Waals surface area contributed by atoms with Gasteiger partial charge in [0.05, 0.1) is 5.00 Å². The minimum Gasteiger partial charge on any atom is -0.361 e. The Morgan fingerprint density at radius 2 is 1.15 bits per heavy atom. The van der Waals surface area contributed by atoms with Crippen molar-refractivity contribution in [3.8, 4) is 11.1 Å².